The number of benzene rings is 1. The molecule has 0 saturated carbocycles. The number of hydrogen-bond acceptors (Lipinski definition) is 2. The third kappa shape index (κ3) is 0.863. The van der Waals surface area contributed by atoms with Gasteiger partial charge in [-0.3, -0.25) is 0 Å². The van der Waals surface area contributed by atoms with Crippen LogP contribution in [0.15, 0.2) is 12.1 Å². The Bertz CT molecular complexity index is 429. The molecule has 0 amide bonds. The summed E-state index contributed by atoms with van der Waals surface area (Å²) in [6.45, 7) is 3.91. The van der Waals surface area contributed by atoms with E-state index in [1.165, 1.54) is 0 Å². The average molecular weight is 161 g/mol. The maximum absolute atomic E-state index is 5.85. The van der Waals surface area contributed by atoms with Crippen molar-refractivity contribution < 1.29 is 0 Å². The number of hydrogen-bond donors (Lipinski definition) is 2. The second-order valence-electron chi connectivity index (χ2n) is 3.01. The van der Waals surface area contributed by atoms with Crippen LogP contribution in [0.1, 0.15) is 11.4 Å². The van der Waals surface area contributed by atoms with E-state index < -0.39 is 0 Å². The summed E-state index contributed by atoms with van der Waals surface area (Å²) in [5, 5.41) is 0. The van der Waals surface area contributed by atoms with Crippen LogP contribution in [0.5, 0.6) is 0 Å². The van der Waals surface area contributed by atoms with Crippen LogP contribution in [-0.4, -0.2) is 9.97 Å². The van der Waals surface area contributed by atoms with Gasteiger partial charge < -0.3 is 10.7 Å². The highest BCUT2D eigenvalue weighted by Gasteiger charge is 2.04. The number of nitrogens with zero attached hydrogens (tertiary/aromatic N) is 1. The molecule has 1 aromatic carbocycles. The number of aromatic nitrogens is 2. The lowest BCUT2D eigenvalue weighted by Crippen LogP contribution is -1.90. The molecule has 0 aliphatic carbocycles. The molecule has 0 spiro atoms. The Labute approximate surface area is 70.6 Å². The fourth-order valence-corrected chi connectivity index (χ4v) is 1.32. The zero-order valence-corrected chi connectivity index (χ0v) is 7.18. The van der Waals surface area contributed by atoms with E-state index in [9.17, 15) is 0 Å². The highest BCUT2D eigenvalue weighted by molar-refractivity contribution is 5.88. The van der Waals surface area contributed by atoms with Gasteiger partial charge in [-0.2, -0.15) is 0 Å². The van der Waals surface area contributed by atoms with Crippen molar-refractivity contribution >= 4 is 16.7 Å². The second kappa shape index (κ2) is 2.24. The molecule has 3 N–H and O–H groups in total. The average Bonchev–Trinajstić information content (AvgIpc) is 2.39. The van der Waals surface area contributed by atoms with Gasteiger partial charge in [0.25, 0.3) is 0 Å². The lowest BCUT2D eigenvalue weighted by Gasteiger charge is -1.98. The van der Waals surface area contributed by atoms with Crippen LogP contribution in [0.2, 0.25) is 0 Å². The molecule has 2 rings (SSSR count). The van der Waals surface area contributed by atoms with Gasteiger partial charge in [-0.05, 0) is 25.5 Å². The van der Waals surface area contributed by atoms with E-state index in [1.807, 2.05) is 26.0 Å². The van der Waals surface area contributed by atoms with Crippen molar-refractivity contribution in [3.63, 3.8) is 0 Å². The molecule has 0 unspecified atom stereocenters. The molecule has 62 valence electrons. The minimum Gasteiger partial charge on any atom is -0.397 e. The van der Waals surface area contributed by atoms with Crippen molar-refractivity contribution in [2.45, 2.75) is 13.8 Å². The summed E-state index contributed by atoms with van der Waals surface area (Å²) in [7, 11) is 0. The molecule has 0 radical (unpaired) electrons. The van der Waals surface area contributed by atoms with Gasteiger partial charge in [-0.15, -0.1) is 0 Å². The Balaban J connectivity index is 2.89. The first-order valence-electron chi connectivity index (χ1n) is 3.90. The first-order chi connectivity index (χ1) is 5.68. The zero-order chi connectivity index (χ0) is 8.72. The van der Waals surface area contributed by atoms with Gasteiger partial charge in [0.2, 0.25) is 0 Å². The standard InChI is InChI=1S/C9H11N3/c1-5-3-4-7-9(8(5)10)12-6(2)11-7/h3-4H,10H2,1-2H3,(H,11,12). The smallest absolute Gasteiger partial charge is 0.112 e. The van der Waals surface area contributed by atoms with Crippen molar-refractivity contribution in [1.29, 1.82) is 0 Å². The Morgan fingerprint density at radius 2 is 2.08 bits per heavy atom. The lowest BCUT2D eigenvalue weighted by atomic mass is 10.2. The van der Waals surface area contributed by atoms with Gasteiger partial charge in [0, 0.05) is 0 Å². The van der Waals surface area contributed by atoms with E-state index >= 15 is 0 Å². The van der Waals surface area contributed by atoms with Crippen molar-refractivity contribution in [1.82, 2.24) is 9.97 Å². The second-order valence-corrected chi connectivity index (χ2v) is 3.01. The molecule has 1 heterocycles. The van der Waals surface area contributed by atoms with Gasteiger partial charge in [-0.25, -0.2) is 4.98 Å². The zero-order valence-electron chi connectivity index (χ0n) is 7.18. The van der Waals surface area contributed by atoms with Crippen LogP contribution < -0.4 is 5.73 Å². The molecule has 3 nitrogen and oxygen atoms in total. The quantitative estimate of drug-likeness (QED) is 0.578. The summed E-state index contributed by atoms with van der Waals surface area (Å²) in [5.41, 5.74) is 9.59. The number of aryl methyl sites for hydroxylation is 2. The number of rotatable bonds is 0. The van der Waals surface area contributed by atoms with E-state index in [2.05, 4.69) is 9.97 Å². The fraction of sp³-hybridized carbons (Fsp3) is 0.222. The molecule has 2 aromatic rings. The molecule has 0 atom stereocenters. The third-order valence-corrected chi connectivity index (χ3v) is 2.03. The topological polar surface area (TPSA) is 54.7 Å². The maximum atomic E-state index is 5.85. The van der Waals surface area contributed by atoms with Gasteiger partial charge >= 0.3 is 0 Å². The number of imidazole rings is 1. The number of nitrogen functional groups attached to an aromatic ring is 1. The summed E-state index contributed by atoms with van der Waals surface area (Å²) in [5.74, 6) is 0.905. The van der Waals surface area contributed by atoms with E-state index in [4.69, 9.17) is 5.73 Å². The summed E-state index contributed by atoms with van der Waals surface area (Å²) in [4.78, 5) is 7.43. The maximum Gasteiger partial charge on any atom is 0.112 e. The molecule has 0 aliphatic heterocycles. The number of H-pyrrole nitrogens is 1. The molecule has 0 bridgehead atoms. The normalized spacial score (nSPS) is 10.8. The number of nitrogens with two attached hydrogens (primary N) is 1. The fourth-order valence-electron chi connectivity index (χ4n) is 1.32. The molecule has 0 fully saturated rings. The monoisotopic (exact) mass is 161 g/mol. The van der Waals surface area contributed by atoms with Crippen LogP contribution in [0, 0.1) is 13.8 Å². The van der Waals surface area contributed by atoms with Gasteiger partial charge in [0.15, 0.2) is 0 Å². The number of anilines is 1. The predicted molar refractivity (Wildman–Crippen MR) is 50.0 cm³/mol. The van der Waals surface area contributed by atoms with Crippen LogP contribution in [0.3, 0.4) is 0 Å². The van der Waals surface area contributed by atoms with E-state index in [-0.39, 0.29) is 0 Å². The van der Waals surface area contributed by atoms with E-state index in [0.717, 1.165) is 28.1 Å². The minimum atomic E-state index is 0.775. The summed E-state index contributed by atoms with van der Waals surface area (Å²) >= 11 is 0. The van der Waals surface area contributed by atoms with Gasteiger partial charge in [0.05, 0.1) is 11.2 Å². The number of aromatic amines is 1. The molecule has 3 heteroatoms. The lowest BCUT2D eigenvalue weighted by molar-refractivity contribution is 1.17. The highest BCUT2D eigenvalue weighted by Crippen LogP contribution is 2.21. The highest BCUT2D eigenvalue weighted by atomic mass is 14.9. The molecule has 12 heavy (non-hydrogen) atoms. The SMILES string of the molecule is Cc1nc2c(N)c(C)ccc2[nH]1. The third-order valence-electron chi connectivity index (χ3n) is 2.03. The van der Waals surface area contributed by atoms with Crippen molar-refractivity contribution in [3.05, 3.63) is 23.5 Å². The first kappa shape index (κ1) is 7.16. The largest absolute Gasteiger partial charge is 0.397 e. The Morgan fingerprint density at radius 1 is 1.33 bits per heavy atom. The summed E-state index contributed by atoms with van der Waals surface area (Å²) < 4.78 is 0. The molecule has 0 saturated heterocycles. The number of fused-ring (bicyclic) bond motifs is 1. The predicted octanol–water partition coefficient (Wildman–Crippen LogP) is 1.76. The van der Waals surface area contributed by atoms with Crippen LogP contribution >= 0.6 is 0 Å². The minimum absolute atomic E-state index is 0.775. The van der Waals surface area contributed by atoms with Crippen LogP contribution in [-0.2, 0) is 0 Å². The van der Waals surface area contributed by atoms with Crippen molar-refractivity contribution in [3.8, 4) is 0 Å². The van der Waals surface area contributed by atoms with Crippen molar-refractivity contribution in [2.24, 2.45) is 0 Å². The number of nitrogens with one attached hydrogen (secondary N) is 1. The van der Waals surface area contributed by atoms with Crippen LogP contribution in [0.4, 0.5) is 5.69 Å². The molecule has 0 aliphatic rings. The van der Waals surface area contributed by atoms with Crippen molar-refractivity contribution in [2.75, 3.05) is 5.73 Å². The first-order valence-corrected chi connectivity index (χ1v) is 3.90. The summed E-state index contributed by atoms with van der Waals surface area (Å²) in [6.07, 6.45) is 0. The Morgan fingerprint density at radius 3 is 2.83 bits per heavy atom. The summed E-state index contributed by atoms with van der Waals surface area (Å²) in [6, 6.07) is 4.00. The van der Waals surface area contributed by atoms with Gasteiger partial charge in [-0.1, -0.05) is 6.07 Å². The van der Waals surface area contributed by atoms with E-state index in [1.54, 1.807) is 0 Å². The molecule has 1 aromatic heterocycles. The Kier molecular flexibility index (Phi) is 1.33. The van der Waals surface area contributed by atoms with Gasteiger partial charge in [0.1, 0.15) is 11.3 Å². The van der Waals surface area contributed by atoms with E-state index in [0.29, 0.717) is 0 Å². The molecular formula is C9H11N3. The Hall–Kier alpha value is -1.51. The van der Waals surface area contributed by atoms with Crippen LogP contribution in [0.25, 0.3) is 11.0 Å². The molecular weight excluding hydrogens is 150 g/mol.